The normalized spacial score (nSPS) is 34.7. The summed E-state index contributed by atoms with van der Waals surface area (Å²) in [5.74, 6) is 0.414. The maximum atomic E-state index is 11.6. The van der Waals surface area contributed by atoms with Crippen molar-refractivity contribution in [2.24, 2.45) is 0 Å². The summed E-state index contributed by atoms with van der Waals surface area (Å²) in [7, 11) is -0.791. The van der Waals surface area contributed by atoms with Crippen LogP contribution in [0.5, 0.6) is 0 Å². The highest BCUT2D eigenvalue weighted by Crippen LogP contribution is 2.42. The molecule has 0 radical (unpaired) electrons. The van der Waals surface area contributed by atoms with Crippen molar-refractivity contribution < 1.29 is 8.42 Å². The average Bonchev–Trinajstić information content (AvgIpc) is 2.76. The molecule has 0 aromatic carbocycles. The molecule has 76 valence electrons. The van der Waals surface area contributed by atoms with E-state index in [1.807, 2.05) is 7.05 Å². The lowest BCUT2D eigenvalue weighted by Gasteiger charge is -2.18. The lowest BCUT2D eigenvalue weighted by atomic mass is 10.1. The van der Waals surface area contributed by atoms with Crippen LogP contribution in [0.2, 0.25) is 0 Å². The van der Waals surface area contributed by atoms with Crippen molar-refractivity contribution in [2.75, 3.05) is 12.8 Å². The highest BCUT2D eigenvalue weighted by atomic mass is 32.2. The minimum atomic E-state index is -2.73. The molecule has 1 aliphatic carbocycles. The minimum Gasteiger partial charge on any atom is -0.314 e. The minimum absolute atomic E-state index is 0.0533. The van der Waals surface area contributed by atoms with E-state index in [0.29, 0.717) is 5.75 Å². The third-order valence-corrected chi connectivity index (χ3v) is 5.74. The Morgan fingerprint density at radius 2 is 2.15 bits per heavy atom. The van der Waals surface area contributed by atoms with Crippen LogP contribution in [-0.2, 0) is 9.84 Å². The van der Waals surface area contributed by atoms with Crippen molar-refractivity contribution in [1.82, 2.24) is 5.32 Å². The molecule has 2 aliphatic rings. The lowest BCUT2D eigenvalue weighted by Crippen LogP contribution is -2.33. The van der Waals surface area contributed by atoms with Gasteiger partial charge in [-0.25, -0.2) is 8.42 Å². The summed E-state index contributed by atoms with van der Waals surface area (Å²) < 4.78 is 23.1. The van der Waals surface area contributed by atoms with Crippen molar-refractivity contribution in [2.45, 2.75) is 42.9 Å². The van der Waals surface area contributed by atoms with E-state index in [4.69, 9.17) is 0 Å². The van der Waals surface area contributed by atoms with E-state index in [1.54, 1.807) is 0 Å². The van der Waals surface area contributed by atoms with Gasteiger partial charge in [0, 0.05) is 5.54 Å². The van der Waals surface area contributed by atoms with Crippen LogP contribution in [0.15, 0.2) is 0 Å². The molecule has 0 aromatic heterocycles. The van der Waals surface area contributed by atoms with Crippen LogP contribution in [0, 0.1) is 0 Å². The van der Waals surface area contributed by atoms with Crippen LogP contribution in [-0.4, -0.2) is 32.0 Å². The first-order valence-corrected chi connectivity index (χ1v) is 6.70. The first-order chi connectivity index (χ1) is 6.08. The van der Waals surface area contributed by atoms with Gasteiger partial charge < -0.3 is 5.32 Å². The molecule has 0 spiro atoms. The maximum Gasteiger partial charge on any atom is 0.153 e. The number of hydrogen-bond donors (Lipinski definition) is 1. The second-order valence-electron chi connectivity index (χ2n) is 4.37. The van der Waals surface area contributed by atoms with Crippen molar-refractivity contribution in [1.29, 1.82) is 0 Å². The van der Waals surface area contributed by atoms with Gasteiger partial charge in [0.25, 0.3) is 0 Å². The third-order valence-electron chi connectivity index (χ3n) is 3.47. The van der Waals surface area contributed by atoms with Crippen molar-refractivity contribution in [3.63, 3.8) is 0 Å². The molecular weight excluding hydrogens is 186 g/mol. The van der Waals surface area contributed by atoms with Gasteiger partial charge in [-0.3, -0.25) is 0 Å². The second kappa shape index (κ2) is 2.95. The van der Waals surface area contributed by atoms with Crippen LogP contribution < -0.4 is 5.32 Å². The fourth-order valence-corrected chi connectivity index (χ4v) is 4.23. The predicted octanol–water partition coefficient (Wildman–Crippen LogP) is 0.706. The summed E-state index contributed by atoms with van der Waals surface area (Å²) in [6.45, 7) is 0. The first kappa shape index (κ1) is 9.46. The first-order valence-electron chi connectivity index (χ1n) is 4.98. The number of rotatable bonds is 3. The molecule has 1 saturated carbocycles. The van der Waals surface area contributed by atoms with E-state index in [1.165, 1.54) is 0 Å². The summed E-state index contributed by atoms with van der Waals surface area (Å²) in [5, 5.41) is 3.20. The summed E-state index contributed by atoms with van der Waals surface area (Å²) in [6, 6.07) is 0. The average molecular weight is 203 g/mol. The van der Waals surface area contributed by atoms with Gasteiger partial charge >= 0.3 is 0 Å². The molecule has 1 saturated heterocycles. The molecule has 1 unspecified atom stereocenters. The van der Waals surface area contributed by atoms with Crippen molar-refractivity contribution in [3.05, 3.63) is 0 Å². The van der Waals surface area contributed by atoms with Crippen LogP contribution >= 0.6 is 0 Å². The van der Waals surface area contributed by atoms with Gasteiger partial charge in [-0.15, -0.1) is 0 Å². The highest BCUT2D eigenvalue weighted by molar-refractivity contribution is 7.92. The molecule has 13 heavy (non-hydrogen) atoms. The molecule has 1 heterocycles. The SMILES string of the molecule is CNC1(CC2CCCS2(=O)=O)CC1. The van der Waals surface area contributed by atoms with Gasteiger partial charge in [0.2, 0.25) is 0 Å². The highest BCUT2D eigenvalue weighted by Gasteiger charge is 2.46. The predicted molar refractivity (Wildman–Crippen MR) is 52.5 cm³/mol. The zero-order valence-electron chi connectivity index (χ0n) is 8.04. The summed E-state index contributed by atoms with van der Waals surface area (Å²) >= 11 is 0. The molecule has 1 atom stereocenters. The van der Waals surface area contributed by atoms with E-state index in [0.717, 1.165) is 32.1 Å². The van der Waals surface area contributed by atoms with E-state index in [2.05, 4.69) is 5.32 Å². The Kier molecular flexibility index (Phi) is 2.15. The smallest absolute Gasteiger partial charge is 0.153 e. The Hall–Kier alpha value is -0.0900. The van der Waals surface area contributed by atoms with E-state index in [-0.39, 0.29) is 10.8 Å². The van der Waals surface area contributed by atoms with E-state index < -0.39 is 9.84 Å². The molecule has 0 aromatic rings. The molecule has 0 amide bonds. The number of sulfone groups is 1. The molecule has 0 bridgehead atoms. The largest absolute Gasteiger partial charge is 0.314 e. The number of nitrogens with one attached hydrogen (secondary N) is 1. The standard InChI is InChI=1S/C9H17NO2S/c1-10-9(4-5-9)7-8-3-2-6-13(8,11)12/h8,10H,2-7H2,1H3. The van der Waals surface area contributed by atoms with Crippen molar-refractivity contribution in [3.8, 4) is 0 Å². The zero-order chi connectivity index (χ0) is 9.53. The monoisotopic (exact) mass is 203 g/mol. The Morgan fingerprint density at radius 1 is 1.46 bits per heavy atom. The van der Waals surface area contributed by atoms with Crippen LogP contribution in [0.1, 0.15) is 32.1 Å². The topological polar surface area (TPSA) is 46.2 Å². The van der Waals surface area contributed by atoms with E-state index >= 15 is 0 Å². The Morgan fingerprint density at radius 3 is 2.54 bits per heavy atom. The molecule has 2 rings (SSSR count). The van der Waals surface area contributed by atoms with Crippen LogP contribution in [0.25, 0.3) is 0 Å². The number of hydrogen-bond acceptors (Lipinski definition) is 3. The molecule has 1 N–H and O–H groups in total. The Labute approximate surface area is 79.8 Å². The lowest BCUT2D eigenvalue weighted by molar-refractivity contribution is 0.480. The van der Waals surface area contributed by atoms with Gasteiger partial charge in [-0.2, -0.15) is 0 Å². The van der Waals surface area contributed by atoms with Crippen LogP contribution in [0.4, 0.5) is 0 Å². The van der Waals surface area contributed by atoms with Gasteiger partial charge in [0.15, 0.2) is 9.84 Å². The van der Waals surface area contributed by atoms with Gasteiger partial charge in [0.05, 0.1) is 11.0 Å². The van der Waals surface area contributed by atoms with Gasteiger partial charge in [0.1, 0.15) is 0 Å². The molecule has 1 aliphatic heterocycles. The fraction of sp³-hybridized carbons (Fsp3) is 1.00. The van der Waals surface area contributed by atoms with Crippen molar-refractivity contribution >= 4 is 9.84 Å². The summed E-state index contributed by atoms with van der Waals surface area (Å²) in [6.07, 6.45) is 4.88. The Bertz CT molecular complexity index is 293. The van der Waals surface area contributed by atoms with Gasteiger partial charge in [-0.1, -0.05) is 0 Å². The van der Waals surface area contributed by atoms with Crippen LogP contribution in [0.3, 0.4) is 0 Å². The second-order valence-corrected chi connectivity index (χ2v) is 6.77. The Balaban J connectivity index is 2.03. The summed E-state index contributed by atoms with van der Waals surface area (Å²) in [5.41, 5.74) is 0.183. The maximum absolute atomic E-state index is 11.6. The molecule has 4 heteroatoms. The fourth-order valence-electron chi connectivity index (χ4n) is 2.23. The molecular formula is C9H17NO2S. The molecule has 2 fully saturated rings. The van der Waals surface area contributed by atoms with E-state index in [9.17, 15) is 8.42 Å². The summed E-state index contributed by atoms with van der Waals surface area (Å²) in [4.78, 5) is 0. The quantitative estimate of drug-likeness (QED) is 0.734. The zero-order valence-corrected chi connectivity index (χ0v) is 8.86. The van der Waals surface area contributed by atoms with Gasteiger partial charge in [-0.05, 0) is 39.2 Å². The third kappa shape index (κ3) is 1.74. The molecule has 3 nitrogen and oxygen atoms in total.